The van der Waals surface area contributed by atoms with Gasteiger partial charge >= 0.3 is 0 Å². The molecule has 0 heterocycles. The van der Waals surface area contributed by atoms with Crippen LogP contribution in [0.4, 0.5) is 11.4 Å². The highest BCUT2D eigenvalue weighted by Crippen LogP contribution is 2.17. The summed E-state index contributed by atoms with van der Waals surface area (Å²) in [5.41, 5.74) is 6.50. The third kappa shape index (κ3) is 5.15. The maximum atomic E-state index is 10.7. The van der Waals surface area contributed by atoms with Crippen LogP contribution in [-0.2, 0) is 6.61 Å². The lowest BCUT2D eigenvalue weighted by Crippen LogP contribution is -2.00. The molecule has 0 spiro atoms. The Labute approximate surface area is 157 Å². The summed E-state index contributed by atoms with van der Waals surface area (Å²) in [4.78, 5) is 10.2. The molecule has 0 aromatic heterocycles. The van der Waals surface area contributed by atoms with E-state index in [-0.39, 0.29) is 5.69 Å². The number of rotatable bonds is 7. The molecule has 0 bridgehead atoms. The largest absolute Gasteiger partial charge is 0.489 e. The summed E-state index contributed by atoms with van der Waals surface area (Å²) in [6, 6.07) is 23.8. The Morgan fingerprint density at radius 2 is 1.67 bits per heavy atom. The summed E-state index contributed by atoms with van der Waals surface area (Å²) in [7, 11) is 0. The van der Waals surface area contributed by atoms with Gasteiger partial charge in [-0.1, -0.05) is 30.3 Å². The predicted molar refractivity (Wildman–Crippen MR) is 106 cm³/mol. The van der Waals surface area contributed by atoms with Crippen LogP contribution in [0.1, 0.15) is 18.1 Å². The molecular weight excluding hydrogens is 342 g/mol. The van der Waals surface area contributed by atoms with Crippen molar-refractivity contribution in [1.82, 2.24) is 0 Å². The molecule has 27 heavy (non-hydrogen) atoms. The van der Waals surface area contributed by atoms with Crippen LogP contribution in [0.3, 0.4) is 0 Å². The van der Waals surface area contributed by atoms with Gasteiger partial charge in [-0.25, -0.2) is 0 Å². The van der Waals surface area contributed by atoms with Crippen LogP contribution in [0, 0.1) is 10.1 Å². The first kappa shape index (κ1) is 18.1. The molecule has 0 unspecified atom stereocenters. The predicted octanol–water partition coefficient (Wildman–Crippen LogP) is 5.01. The minimum Gasteiger partial charge on any atom is -0.489 e. The van der Waals surface area contributed by atoms with Crippen molar-refractivity contribution in [3.05, 3.63) is 100 Å². The van der Waals surface area contributed by atoms with Crippen molar-refractivity contribution in [2.75, 3.05) is 5.43 Å². The van der Waals surface area contributed by atoms with E-state index in [0.717, 1.165) is 22.6 Å². The van der Waals surface area contributed by atoms with Crippen molar-refractivity contribution >= 4 is 17.1 Å². The Morgan fingerprint density at radius 3 is 2.30 bits per heavy atom. The molecule has 0 radical (unpaired) electrons. The van der Waals surface area contributed by atoms with Crippen LogP contribution in [0.5, 0.6) is 5.75 Å². The van der Waals surface area contributed by atoms with Gasteiger partial charge in [-0.2, -0.15) is 5.10 Å². The first-order valence-corrected chi connectivity index (χ1v) is 8.44. The van der Waals surface area contributed by atoms with E-state index in [9.17, 15) is 10.1 Å². The molecule has 0 fully saturated rings. The number of nitrogens with one attached hydrogen (secondary N) is 1. The molecular formula is C21H19N3O3. The van der Waals surface area contributed by atoms with E-state index < -0.39 is 4.92 Å². The van der Waals surface area contributed by atoms with E-state index in [0.29, 0.717) is 12.3 Å². The normalized spacial score (nSPS) is 11.1. The number of nitro groups is 1. The minimum absolute atomic E-state index is 0.0485. The van der Waals surface area contributed by atoms with Gasteiger partial charge < -0.3 is 4.74 Å². The summed E-state index contributed by atoms with van der Waals surface area (Å²) >= 11 is 0. The molecule has 1 N–H and O–H groups in total. The van der Waals surface area contributed by atoms with Crippen LogP contribution < -0.4 is 10.2 Å². The Balaban J connectivity index is 1.58. The molecule has 0 aliphatic heterocycles. The van der Waals surface area contributed by atoms with Crippen molar-refractivity contribution in [2.24, 2.45) is 5.10 Å². The summed E-state index contributed by atoms with van der Waals surface area (Å²) in [6.07, 6.45) is 0. The van der Waals surface area contributed by atoms with Crippen LogP contribution in [0.25, 0.3) is 0 Å². The first-order chi connectivity index (χ1) is 13.1. The van der Waals surface area contributed by atoms with E-state index in [2.05, 4.69) is 10.5 Å². The lowest BCUT2D eigenvalue weighted by atomic mass is 10.1. The molecule has 0 atom stereocenters. The standard InChI is InChI=1S/C21H19N3O3/c1-16(22-23-19-9-11-20(12-10-19)24(25)26)18-7-13-21(14-8-18)27-15-17-5-3-2-4-6-17/h2-14,23H,15H2,1H3/b22-16+. The fraction of sp³-hybridized carbons (Fsp3) is 0.0952. The van der Waals surface area contributed by atoms with Crippen molar-refractivity contribution in [3.63, 3.8) is 0 Å². The number of hydrogen-bond acceptors (Lipinski definition) is 5. The number of anilines is 1. The van der Waals surface area contributed by atoms with E-state index in [1.807, 2.05) is 61.5 Å². The lowest BCUT2D eigenvalue weighted by molar-refractivity contribution is -0.384. The van der Waals surface area contributed by atoms with Gasteiger partial charge in [0, 0.05) is 12.1 Å². The summed E-state index contributed by atoms with van der Waals surface area (Å²) < 4.78 is 5.78. The fourth-order valence-electron chi connectivity index (χ4n) is 2.40. The van der Waals surface area contributed by atoms with Crippen LogP contribution >= 0.6 is 0 Å². The SMILES string of the molecule is C/C(=N\Nc1ccc([N+](=O)[O-])cc1)c1ccc(OCc2ccccc2)cc1. The molecule has 3 rings (SSSR count). The summed E-state index contributed by atoms with van der Waals surface area (Å²) in [5.74, 6) is 0.790. The smallest absolute Gasteiger partial charge is 0.269 e. The van der Waals surface area contributed by atoms with Crippen molar-refractivity contribution in [1.29, 1.82) is 0 Å². The highest BCUT2D eigenvalue weighted by molar-refractivity contribution is 5.99. The van der Waals surface area contributed by atoms with E-state index in [1.54, 1.807) is 12.1 Å². The Bertz CT molecular complexity index is 921. The number of ether oxygens (including phenoxy) is 1. The van der Waals surface area contributed by atoms with E-state index in [4.69, 9.17) is 4.74 Å². The van der Waals surface area contributed by atoms with Gasteiger partial charge in [-0.15, -0.1) is 0 Å². The number of nitrogens with zero attached hydrogens (tertiary/aromatic N) is 2. The molecule has 3 aromatic carbocycles. The number of non-ortho nitro benzene ring substituents is 1. The number of hydrogen-bond donors (Lipinski definition) is 1. The van der Waals surface area contributed by atoms with Crippen LogP contribution in [0.15, 0.2) is 84.0 Å². The zero-order chi connectivity index (χ0) is 19.1. The zero-order valence-corrected chi connectivity index (χ0v) is 14.8. The second kappa shape index (κ2) is 8.62. The molecule has 136 valence electrons. The maximum absolute atomic E-state index is 10.7. The molecule has 0 saturated carbocycles. The van der Waals surface area contributed by atoms with Gasteiger partial charge in [-0.3, -0.25) is 15.5 Å². The molecule has 6 nitrogen and oxygen atoms in total. The van der Waals surface area contributed by atoms with Gasteiger partial charge in [0.2, 0.25) is 0 Å². The Kier molecular flexibility index (Phi) is 5.79. The van der Waals surface area contributed by atoms with Gasteiger partial charge in [0.15, 0.2) is 0 Å². The first-order valence-electron chi connectivity index (χ1n) is 8.44. The average Bonchev–Trinajstić information content (AvgIpc) is 2.72. The lowest BCUT2D eigenvalue weighted by Gasteiger charge is -2.08. The minimum atomic E-state index is -0.431. The zero-order valence-electron chi connectivity index (χ0n) is 14.8. The summed E-state index contributed by atoms with van der Waals surface area (Å²) in [6.45, 7) is 2.41. The average molecular weight is 361 g/mol. The third-order valence-corrected chi connectivity index (χ3v) is 3.95. The Hall–Kier alpha value is -3.67. The van der Waals surface area contributed by atoms with Gasteiger partial charge in [0.05, 0.1) is 16.3 Å². The summed E-state index contributed by atoms with van der Waals surface area (Å²) in [5, 5.41) is 15.0. The van der Waals surface area contributed by atoms with Crippen LogP contribution in [-0.4, -0.2) is 10.6 Å². The molecule has 0 amide bonds. The maximum Gasteiger partial charge on any atom is 0.269 e. The Morgan fingerprint density at radius 1 is 1.00 bits per heavy atom. The van der Waals surface area contributed by atoms with E-state index in [1.165, 1.54) is 12.1 Å². The molecule has 3 aromatic rings. The number of nitro benzene ring substituents is 1. The topological polar surface area (TPSA) is 76.8 Å². The van der Waals surface area contributed by atoms with Crippen LogP contribution in [0.2, 0.25) is 0 Å². The monoisotopic (exact) mass is 361 g/mol. The van der Waals surface area contributed by atoms with E-state index >= 15 is 0 Å². The number of benzene rings is 3. The van der Waals surface area contributed by atoms with Crippen molar-refractivity contribution in [2.45, 2.75) is 13.5 Å². The van der Waals surface area contributed by atoms with Crippen molar-refractivity contribution in [3.8, 4) is 5.75 Å². The molecule has 0 aliphatic rings. The fourth-order valence-corrected chi connectivity index (χ4v) is 2.40. The highest BCUT2D eigenvalue weighted by Gasteiger charge is 2.04. The van der Waals surface area contributed by atoms with Gasteiger partial charge in [-0.05, 0) is 54.4 Å². The van der Waals surface area contributed by atoms with Gasteiger partial charge in [0.25, 0.3) is 5.69 Å². The third-order valence-electron chi connectivity index (χ3n) is 3.95. The molecule has 0 saturated heterocycles. The second-order valence-electron chi connectivity index (χ2n) is 5.91. The molecule has 0 aliphatic carbocycles. The molecule has 6 heteroatoms. The quantitative estimate of drug-likeness (QED) is 0.364. The second-order valence-corrected chi connectivity index (χ2v) is 5.91. The highest BCUT2D eigenvalue weighted by atomic mass is 16.6. The van der Waals surface area contributed by atoms with Crippen molar-refractivity contribution < 1.29 is 9.66 Å². The van der Waals surface area contributed by atoms with Gasteiger partial charge in [0.1, 0.15) is 12.4 Å². The number of hydrazone groups is 1.